The smallest absolute Gasteiger partial charge is 0.387 e. The van der Waals surface area contributed by atoms with E-state index in [0.29, 0.717) is 5.56 Å². The van der Waals surface area contributed by atoms with Crippen molar-refractivity contribution in [2.45, 2.75) is 27.0 Å². The second-order valence-corrected chi connectivity index (χ2v) is 6.30. The first kappa shape index (κ1) is 19.5. The average molecular weight is 388 g/mol. The molecular weight excluding hydrogens is 369 g/mol. The molecule has 146 valence electrons. The van der Waals surface area contributed by atoms with Gasteiger partial charge >= 0.3 is 6.61 Å². The zero-order valence-corrected chi connectivity index (χ0v) is 15.4. The third-order valence-electron chi connectivity index (χ3n) is 4.36. The van der Waals surface area contributed by atoms with Crippen LogP contribution in [-0.2, 0) is 6.54 Å². The highest BCUT2D eigenvalue weighted by atomic mass is 19.3. The number of amides is 1. The van der Waals surface area contributed by atoms with Gasteiger partial charge in [-0.05, 0) is 61.9 Å². The number of alkyl halides is 2. The first-order valence-electron chi connectivity index (χ1n) is 8.62. The molecule has 3 rings (SSSR count). The van der Waals surface area contributed by atoms with Crippen LogP contribution in [0.3, 0.4) is 0 Å². The van der Waals surface area contributed by atoms with Crippen LogP contribution in [-0.4, -0.2) is 17.1 Å². The van der Waals surface area contributed by atoms with Gasteiger partial charge in [0.25, 0.3) is 5.91 Å². The largest absolute Gasteiger partial charge is 0.435 e. The molecule has 0 saturated carbocycles. The summed E-state index contributed by atoms with van der Waals surface area (Å²) in [5, 5.41) is 2.82. The van der Waals surface area contributed by atoms with Crippen molar-refractivity contribution in [3.8, 4) is 11.4 Å². The number of carbonyl (C=O) groups is 1. The van der Waals surface area contributed by atoms with E-state index in [-0.39, 0.29) is 24.0 Å². The van der Waals surface area contributed by atoms with E-state index in [0.717, 1.165) is 22.6 Å². The van der Waals surface area contributed by atoms with E-state index in [1.165, 1.54) is 24.3 Å². The molecule has 0 unspecified atom stereocenters. The molecule has 0 spiro atoms. The molecule has 1 aromatic heterocycles. The van der Waals surface area contributed by atoms with Crippen molar-refractivity contribution in [3.63, 3.8) is 0 Å². The molecule has 1 amide bonds. The topological polar surface area (TPSA) is 43.3 Å². The Hall–Kier alpha value is -3.22. The van der Waals surface area contributed by atoms with Gasteiger partial charge in [-0.1, -0.05) is 12.1 Å². The Morgan fingerprint density at radius 1 is 1.07 bits per heavy atom. The van der Waals surface area contributed by atoms with E-state index in [9.17, 15) is 18.0 Å². The van der Waals surface area contributed by atoms with Crippen molar-refractivity contribution in [2.24, 2.45) is 0 Å². The number of carbonyl (C=O) groups excluding carboxylic acids is 1. The second-order valence-electron chi connectivity index (χ2n) is 6.30. The van der Waals surface area contributed by atoms with Gasteiger partial charge in [0.1, 0.15) is 11.6 Å². The number of nitrogens with zero attached hydrogens (tertiary/aromatic N) is 1. The predicted molar refractivity (Wildman–Crippen MR) is 99.4 cm³/mol. The van der Waals surface area contributed by atoms with Gasteiger partial charge in [0.05, 0.1) is 5.56 Å². The SMILES string of the molecule is Cc1cc(C(=O)NCc2ccc(OC(F)F)cc2)c(C)n1-c1ccc(F)cc1. The molecule has 0 radical (unpaired) electrons. The molecule has 2 aromatic carbocycles. The van der Waals surface area contributed by atoms with Crippen molar-refractivity contribution in [1.29, 1.82) is 0 Å². The standard InChI is InChI=1S/C21H19F3N2O2/c1-13-11-19(14(2)26(13)17-7-5-16(22)6-8-17)20(27)25-12-15-3-9-18(10-4-15)28-21(23)24/h3-11,21H,12H2,1-2H3,(H,25,27). The average Bonchev–Trinajstić information content (AvgIpc) is 2.96. The third kappa shape index (κ3) is 4.36. The van der Waals surface area contributed by atoms with E-state index >= 15 is 0 Å². The molecule has 0 fully saturated rings. The molecule has 4 nitrogen and oxygen atoms in total. The highest BCUT2D eigenvalue weighted by Gasteiger charge is 2.16. The summed E-state index contributed by atoms with van der Waals surface area (Å²) >= 11 is 0. The minimum absolute atomic E-state index is 0.0629. The number of halogens is 3. The fourth-order valence-corrected chi connectivity index (χ4v) is 3.05. The van der Waals surface area contributed by atoms with Crippen LogP contribution in [0.25, 0.3) is 5.69 Å². The molecule has 28 heavy (non-hydrogen) atoms. The second kappa shape index (κ2) is 8.21. The predicted octanol–water partition coefficient (Wildman–Crippen LogP) is 4.76. The molecule has 0 aliphatic rings. The first-order valence-corrected chi connectivity index (χ1v) is 8.62. The maximum absolute atomic E-state index is 13.2. The van der Waals surface area contributed by atoms with Crippen LogP contribution in [0.1, 0.15) is 27.3 Å². The maximum Gasteiger partial charge on any atom is 0.387 e. The zero-order valence-electron chi connectivity index (χ0n) is 15.4. The van der Waals surface area contributed by atoms with Gasteiger partial charge in [0.2, 0.25) is 0 Å². The van der Waals surface area contributed by atoms with Crippen LogP contribution >= 0.6 is 0 Å². The molecule has 1 N–H and O–H groups in total. The molecule has 7 heteroatoms. The monoisotopic (exact) mass is 388 g/mol. The minimum atomic E-state index is -2.87. The summed E-state index contributed by atoms with van der Waals surface area (Å²) in [6.07, 6.45) is 0. The number of ether oxygens (including phenoxy) is 1. The van der Waals surface area contributed by atoms with Crippen LogP contribution in [0.4, 0.5) is 13.2 Å². The van der Waals surface area contributed by atoms with Gasteiger partial charge < -0.3 is 14.6 Å². The summed E-state index contributed by atoms with van der Waals surface area (Å²) in [5.41, 5.74) is 3.62. The van der Waals surface area contributed by atoms with E-state index in [1.807, 2.05) is 18.4 Å². The summed E-state index contributed by atoms with van der Waals surface area (Å²) < 4.78 is 43.7. The fraction of sp³-hybridized carbons (Fsp3) is 0.190. The van der Waals surface area contributed by atoms with Gasteiger partial charge in [-0.2, -0.15) is 8.78 Å². The summed E-state index contributed by atoms with van der Waals surface area (Å²) in [6, 6.07) is 13.9. The van der Waals surface area contributed by atoms with Gasteiger partial charge in [-0.3, -0.25) is 4.79 Å². The quantitative estimate of drug-likeness (QED) is 0.661. The molecular formula is C21H19F3N2O2. The lowest BCUT2D eigenvalue weighted by Crippen LogP contribution is -2.23. The fourth-order valence-electron chi connectivity index (χ4n) is 3.05. The highest BCUT2D eigenvalue weighted by Crippen LogP contribution is 2.21. The summed E-state index contributed by atoms with van der Waals surface area (Å²) in [5.74, 6) is -0.517. The number of aryl methyl sites for hydroxylation is 1. The molecule has 3 aromatic rings. The summed E-state index contributed by atoms with van der Waals surface area (Å²) in [7, 11) is 0. The van der Waals surface area contributed by atoms with Crippen molar-refractivity contribution in [2.75, 3.05) is 0 Å². The van der Waals surface area contributed by atoms with Gasteiger partial charge in [-0.15, -0.1) is 0 Å². The van der Waals surface area contributed by atoms with E-state index in [1.54, 1.807) is 30.3 Å². The van der Waals surface area contributed by atoms with Gasteiger partial charge in [0.15, 0.2) is 0 Å². The molecule has 0 saturated heterocycles. The van der Waals surface area contributed by atoms with Crippen LogP contribution in [0.5, 0.6) is 5.75 Å². The lowest BCUT2D eigenvalue weighted by molar-refractivity contribution is -0.0498. The molecule has 1 heterocycles. The first-order chi connectivity index (χ1) is 13.3. The van der Waals surface area contributed by atoms with E-state index in [4.69, 9.17) is 0 Å². The van der Waals surface area contributed by atoms with Crippen LogP contribution < -0.4 is 10.1 Å². The van der Waals surface area contributed by atoms with Crippen LogP contribution in [0.15, 0.2) is 54.6 Å². The minimum Gasteiger partial charge on any atom is -0.435 e. The Labute approximate surface area is 160 Å². The van der Waals surface area contributed by atoms with Crippen LogP contribution in [0.2, 0.25) is 0 Å². The van der Waals surface area contributed by atoms with Gasteiger partial charge in [0, 0.05) is 23.6 Å². The van der Waals surface area contributed by atoms with Crippen molar-refractivity contribution in [1.82, 2.24) is 9.88 Å². The Morgan fingerprint density at radius 2 is 1.71 bits per heavy atom. The number of aromatic nitrogens is 1. The Bertz CT molecular complexity index is 965. The van der Waals surface area contributed by atoms with Crippen molar-refractivity contribution < 1.29 is 22.7 Å². The van der Waals surface area contributed by atoms with E-state index < -0.39 is 6.61 Å². The Kier molecular flexibility index (Phi) is 5.73. The lowest BCUT2D eigenvalue weighted by Gasteiger charge is -2.10. The Balaban J connectivity index is 1.71. The van der Waals surface area contributed by atoms with Gasteiger partial charge in [-0.25, -0.2) is 4.39 Å². The number of benzene rings is 2. The maximum atomic E-state index is 13.2. The normalized spacial score (nSPS) is 10.9. The lowest BCUT2D eigenvalue weighted by atomic mass is 10.2. The zero-order chi connectivity index (χ0) is 20.3. The summed E-state index contributed by atoms with van der Waals surface area (Å²) in [4.78, 5) is 12.6. The van der Waals surface area contributed by atoms with Crippen LogP contribution in [0, 0.1) is 19.7 Å². The summed E-state index contributed by atoms with van der Waals surface area (Å²) in [6.45, 7) is 1.06. The number of hydrogen-bond donors (Lipinski definition) is 1. The molecule has 0 aliphatic heterocycles. The number of hydrogen-bond acceptors (Lipinski definition) is 2. The number of rotatable bonds is 6. The van der Waals surface area contributed by atoms with Crippen molar-refractivity contribution >= 4 is 5.91 Å². The van der Waals surface area contributed by atoms with Crippen molar-refractivity contribution in [3.05, 3.63) is 82.9 Å². The Morgan fingerprint density at radius 3 is 2.32 bits per heavy atom. The molecule has 0 atom stereocenters. The third-order valence-corrected chi connectivity index (χ3v) is 4.36. The van der Waals surface area contributed by atoms with E-state index in [2.05, 4.69) is 10.1 Å². The number of nitrogens with one attached hydrogen (secondary N) is 1. The molecule has 0 bridgehead atoms. The molecule has 0 aliphatic carbocycles. The highest BCUT2D eigenvalue weighted by molar-refractivity contribution is 5.95.